The predicted molar refractivity (Wildman–Crippen MR) is 78.6 cm³/mol. The number of nitrogens with one attached hydrogen (secondary N) is 1. The molecule has 1 fully saturated rings. The molecule has 1 aliphatic rings. The summed E-state index contributed by atoms with van der Waals surface area (Å²) < 4.78 is 0. The van der Waals surface area contributed by atoms with Crippen molar-refractivity contribution in [3.05, 3.63) is 11.6 Å². The molecule has 1 heterocycles. The predicted octanol–water partition coefficient (Wildman–Crippen LogP) is 2.75. The van der Waals surface area contributed by atoms with Crippen molar-refractivity contribution in [1.82, 2.24) is 20.1 Å². The Kier molecular flexibility index (Phi) is 4.16. The minimum atomic E-state index is -0.117. The van der Waals surface area contributed by atoms with Gasteiger partial charge in [0.15, 0.2) is 0 Å². The molecule has 5 heteroatoms. The van der Waals surface area contributed by atoms with E-state index in [2.05, 4.69) is 49.8 Å². The molecule has 5 nitrogen and oxygen atoms in total. The molecule has 0 unspecified atom stereocenters. The van der Waals surface area contributed by atoms with Crippen LogP contribution in [0.3, 0.4) is 0 Å². The van der Waals surface area contributed by atoms with Crippen molar-refractivity contribution in [3.8, 4) is 0 Å². The summed E-state index contributed by atoms with van der Waals surface area (Å²) in [6.07, 6.45) is 3.25. The van der Waals surface area contributed by atoms with Crippen LogP contribution < -0.4 is 0 Å². The number of hydrogen-bond donors (Lipinski definition) is 1. The zero-order valence-corrected chi connectivity index (χ0v) is 13.2. The Morgan fingerprint density at radius 1 is 1.40 bits per heavy atom. The SMILES string of the molecule is CC(C)CCN(C(=O)c1n[nH]c(C(C)(C)C)n1)C1CC1. The highest BCUT2D eigenvalue weighted by Gasteiger charge is 2.34. The maximum absolute atomic E-state index is 12.6. The Bertz CT molecular complexity index is 468. The van der Waals surface area contributed by atoms with E-state index in [9.17, 15) is 4.79 Å². The average Bonchev–Trinajstić information content (AvgIpc) is 3.03. The van der Waals surface area contributed by atoms with Crippen molar-refractivity contribution in [2.24, 2.45) is 5.92 Å². The van der Waals surface area contributed by atoms with Gasteiger partial charge in [0.2, 0.25) is 5.82 Å². The summed E-state index contributed by atoms with van der Waals surface area (Å²) in [5, 5.41) is 7.01. The Hall–Kier alpha value is -1.39. The van der Waals surface area contributed by atoms with Gasteiger partial charge >= 0.3 is 0 Å². The topological polar surface area (TPSA) is 61.9 Å². The third kappa shape index (κ3) is 3.58. The Labute approximate surface area is 121 Å². The van der Waals surface area contributed by atoms with Gasteiger partial charge < -0.3 is 4.90 Å². The average molecular weight is 278 g/mol. The molecule has 0 bridgehead atoms. The Balaban J connectivity index is 2.09. The number of aromatic nitrogens is 3. The van der Waals surface area contributed by atoms with Gasteiger partial charge in [-0.2, -0.15) is 0 Å². The molecule has 112 valence electrons. The van der Waals surface area contributed by atoms with Gasteiger partial charge in [-0.3, -0.25) is 9.89 Å². The Morgan fingerprint density at radius 2 is 2.05 bits per heavy atom. The first-order chi connectivity index (χ1) is 9.29. The van der Waals surface area contributed by atoms with E-state index >= 15 is 0 Å². The molecule has 0 spiro atoms. The molecular formula is C15H26N4O. The van der Waals surface area contributed by atoms with Crippen LogP contribution >= 0.6 is 0 Å². The van der Waals surface area contributed by atoms with Crippen LogP contribution in [-0.2, 0) is 5.41 Å². The number of hydrogen-bond acceptors (Lipinski definition) is 3. The first-order valence-electron chi connectivity index (χ1n) is 7.53. The highest BCUT2D eigenvalue weighted by molar-refractivity contribution is 5.90. The fraction of sp³-hybridized carbons (Fsp3) is 0.800. The highest BCUT2D eigenvalue weighted by atomic mass is 16.2. The van der Waals surface area contributed by atoms with Crippen molar-refractivity contribution in [2.75, 3.05) is 6.54 Å². The first-order valence-corrected chi connectivity index (χ1v) is 7.53. The maximum atomic E-state index is 12.6. The van der Waals surface area contributed by atoms with E-state index in [0.717, 1.165) is 31.6 Å². The molecular weight excluding hydrogens is 252 g/mol. The summed E-state index contributed by atoms with van der Waals surface area (Å²) in [7, 11) is 0. The second kappa shape index (κ2) is 5.54. The molecule has 1 saturated carbocycles. The lowest BCUT2D eigenvalue weighted by Gasteiger charge is -2.21. The molecule has 1 N–H and O–H groups in total. The van der Waals surface area contributed by atoms with Gasteiger partial charge in [-0.25, -0.2) is 4.98 Å². The summed E-state index contributed by atoms with van der Waals surface area (Å²) >= 11 is 0. The molecule has 0 aromatic carbocycles. The van der Waals surface area contributed by atoms with E-state index in [1.165, 1.54) is 0 Å². The Morgan fingerprint density at radius 3 is 2.50 bits per heavy atom. The molecule has 20 heavy (non-hydrogen) atoms. The van der Waals surface area contributed by atoms with Crippen molar-refractivity contribution in [1.29, 1.82) is 0 Å². The van der Waals surface area contributed by atoms with Crippen molar-refractivity contribution >= 4 is 5.91 Å². The van der Waals surface area contributed by atoms with E-state index in [1.807, 2.05) is 4.90 Å². The molecule has 1 amide bonds. The van der Waals surface area contributed by atoms with E-state index < -0.39 is 0 Å². The minimum absolute atomic E-state index is 0.0279. The lowest BCUT2D eigenvalue weighted by molar-refractivity contribution is 0.0723. The van der Waals surface area contributed by atoms with Crippen LogP contribution in [0.4, 0.5) is 0 Å². The monoisotopic (exact) mass is 278 g/mol. The third-order valence-corrected chi connectivity index (χ3v) is 3.58. The summed E-state index contributed by atoms with van der Waals surface area (Å²) in [5.41, 5.74) is -0.117. The van der Waals surface area contributed by atoms with Crippen molar-refractivity contribution < 1.29 is 4.79 Å². The van der Waals surface area contributed by atoms with Gasteiger partial charge in [-0.05, 0) is 25.2 Å². The van der Waals surface area contributed by atoms with Crippen molar-refractivity contribution in [3.63, 3.8) is 0 Å². The third-order valence-electron chi connectivity index (χ3n) is 3.58. The van der Waals surface area contributed by atoms with Crippen LogP contribution in [0.5, 0.6) is 0 Å². The number of aromatic amines is 1. The molecule has 2 rings (SSSR count). The van der Waals surface area contributed by atoms with E-state index in [4.69, 9.17) is 0 Å². The quantitative estimate of drug-likeness (QED) is 0.901. The lowest BCUT2D eigenvalue weighted by Crippen LogP contribution is -2.35. The maximum Gasteiger partial charge on any atom is 0.293 e. The van der Waals surface area contributed by atoms with Crippen LogP contribution in [0, 0.1) is 5.92 Å². The summed E-state index contributed by atoms with van der Waals surface area (Å²) in [4.78, 5) is 18.9. The molecule has 1 aliphatic carbocycles. The largest absolute Gasteiger partial charge is 0.333 e. The number of rotatable bonds is 5. The molecule has 0 radical (unpaired) electrons. The van der Waals surface area contributed by atoms with Gasteiger partial charge in [0.25, 0.3) is 5.91 Å². The van der Waals surface area contributed by atoms with E-state index in [-0.39, 0.29) is 11.3 Å². The van der Waals surface area contributed by atoms with Gasteiger partial charge in [-0.1, -0.05) is 34.6 Å². The zero-order valence-electron chi connectivity index (χ0n) is 13.2. The van der Waals surface area contributed by atoms with Crippen LogP contribution in [-0.4, -0.2) is 38.6 Å². The smallest absolute Gasteiger partial charge is 0.293 e. The molecule has 0 saturated heterocycles. The normalized spacial score (nSPS) is 15.7. The zero-order chi connectivity index (χ0) is 14.9. The van der Waals surface area contributed by atoms with Crippen molar-refractivity contribution in [2.45, 2.75) is 65.3 Å². The fourth-order valence-corrected chi connectivity index (χ4v) is 2.05. The number of carbonyl (C=O) groups is 1. The van der Waals surface area contributed by atoms with Crippen LogP contribution in [0.15, 0.2) is 0 Å². The minimum Gasteiger partial charge on any atom is -0.333 e. The number of H-pyrrole nitrogens is 1. The van der Waals surface area contributed by atoms with Crippen LogP contribution in [0.25, 0.3) is 0 Å². The lowest BCUT2D eigenvalue weighted by atomic mass is 9.96. The number of amides is 1. The molecule has 1 aromatic rings. The molecule has 0 aliphatic heterocycles. The van der Waals surface area contributed by atoms with E-state index in [1.54, 1.807) is 0 Å². The van der Waals surface area contributed by atoms with Gasteiger partial charge in [0.05, 0.1) is 0 Å². The summed E-state index contributed by atoms with van der Waals surface area (Å²) in [5.74, 6) is 1.65. The first kappa shape index (κ1) is 15.0. The molecule has 0 atom stereocenters. The second-order valence-corrected chi connectivity index (χ2v) is 7.17. The number of carbonyl (C=O) groups excluding carboxylic acids is 1. The highest BCUT2D eigenvalue weighted by Crippen LogP contribution is 2.28. The van der Waals surface area contributed by atoms with Gasteiger partial charge in [-0.15, -0.1) is 5.10 Å². The van der Waals surface area contributed by atoms with Crippen LogP contribution in [0.1, 0.15) is 70.3 Å². The second-order valence-electron chi connectivity index (χ2n) is 7.17. The van der Waals surface area contributed by atoms with Crippen LogP contribution in [0.2, 0.25) is 0 Å². The fourth-order valence-electron chi connectivity index (χ4n) is 2.05. The molecule has 1 aromatic heterocycles. The van der Waals surface area contributed by atoms with Gasteiger partial charge in [0.1, 0.15) is 5.82 Å². The summed E-state index contributed by atoms with van der Waals surface area (Å²) in [6, 6.07) is 0.401. The van der Waals surface area contributed by atoms with E-state index in [0.29, 0.717) is 17.8 Å². The number of nitrogens with zero attached hydrogens (tertiary/aromatic N) is 3. The summed E-state index contributed by atoms with van der Waals surface area (Å²) in [6.45, 7) is 11.3. The van der Waals surface area contributed by atoms with Gasteiger partial charge in [0, 0.05) is 18.0 Å². The standard InChI is InChI=1S/C15H26N4O/c1-10(2)8-9-19(11-6-7-11)13(20)12-16-14(18-17-12)15(3,4)5/h10-11H,6-9H2,1-5H3,(H,16,17,18).